The van der Waals surface area contributed by atoms with Crippen molar-refractivity contribution in [1.29, 1.82) is 0 Å². The molecular formula is C22H28ClNO4S. The maximum atomic E-state index is 13.3. The fourth-order valence-corrected chi connectivity index (χ4v) is 4.80. The van der Waals surface area contributed by atoms with E-state index in [0.717, 1.165) is 5.56 Å². The van der Waals surface area contributed by atoms with E-state index in [2.05, 4.69) is 0 Å². The number of hydrogen-bond donors (Lipinski definition) is 1. The van der Waals surface area contributed by atoms with Gasteiger partial charge in [-0.25, -0.2) is 8.42 Å². The van der Waals surface area contributed by atoms with Crippen LogP contribution in [0.3, 0.4) is 0 Å². The van der Waals surface area contributed by atoms with Crippen molar-refractivity contribution in [3.63, 3.8) is 0 Å². The topological polar surface area (TPSA) is 66.8 Å². The number of aliphatic hydroxyl groups excluding tert-OH is 1. The molecule has 0 radical (unpaired) electrons. The quantitative estimate of drug-likeness (QED) is 0.595. The predicted octanol–water partition coefficient (Wildman–Crippen LogP) is 4.46. The van der Waals surface area contributed by atoms with Crippen LogP contribution in [0.15, 0.2) is 59.5 Å². The van der Waals surface area contributed by atoms with E-state index in [4.69, 9.17) is 16.3 Å². The zero-order chi connectivity index (χ0) is 21.4. The van der Waals surface area contributed by atoms with E-state index < -0.39 is 16.1 Å². The number of benzene rings is 2. The molecule has 2 rings (SSSR count). The van der Waals surface area contributed by atoms with Crippen LogP contribution in [-0.2, 0) is 10.0 Å². The lowest BCUT2D eigenvalue weighted by molar-refractivity contribution is 0.175. The smallest absolute Gasteiger partial charge is 0.243 e. The summed E-state index contributed by atoms with van der Waals surface area (Å²) in [4.78, 5) is 0.148. The summed E-state index contributed by atoms with van der Waals surface area (Å²) in [5, 5.41) is 10.4. The lowest BCUT2D eigenvalue weighted by Gasteiger charge is -2.30. The predicted molar refractivity (Wildman–Crippen MR) is 118 cm³/mol. The van der Waals surface area contributed by atoms with Crippen molar-refractivity contribution in [2.45, 2.75) is 31.2 Å². The highest BCUT2D eigenvalue weighted by Crippen LogP contribution is 2.24. The van der Waals surface area contributed by atoms with Gasteiger partial charge in [-0.2, -0.15) is 4.31 Å². The van der Waals surface area contributed by atoms with Crippen molar-refractivity contribution in [3.05, 3.63) is 65.2 Å². The highest BCUT2D eigenvalue weighted by molar-refractivity contribution is 7.89. The Morgan fingerprint density at radius 2 is 1.79 bits per heavy atom. The van der Waals surface area contributed by atoms with E-state index in [1.54, 1.807) is 25.3 Å². The largest absolute Gasteiger partial charge is 0.496 e. The summed E-state index contributed by atoms with van der Waals surface area (Å²) in [6.45, 7) is 3.87. The van der Waals surface area contributed by atoms with Crippen LogP contribution in [0.25, 0.3) is 6.08 Å². The molecule has 1 atom stereocenters. The summed E-state index contributed by atoms with van der Waals surface area (Å²) in [6, 6.07) is 13.0. The molecular weight excluding hydrogens is 410 g/mol. The monoisotopic (exact) mass is 437 g/mol. The molecule has 1 N–H and O–H groups in total. The first-order valence-corrected chi connectivity index (χ1v) is 11.3. The van der Waals surface area contributed by atoms with Crippen LogP contribution in [0.2, 0.25) is 5.02 Å². The zero-order valence-corrected chi connectivity index (χ0v) is 18.5. The maximum Gasteiger partial charge on any atom is 0.243 e. The van der Waals surface area contributed by atoms with Gasteiger partial charge in [0.05, 0.1) is 18.6 Å². The number of hydrogen-bond acceptors (Lipinski definition) is 4. The first-order valence-electron chi connectivity index (χ1n) is 9.47. The normalized spacial score (nSPS) is 13.3. The van der Waals surface area contributed by atoms with Crippen molar-refractivity contribution >= 4 is 27.7 Å². The molecule has 0 fully saturated rings. The molecule has 0 aliphatic carbocycles. The van der Waals surface area contributed by atoms with Gasteiger partial charge in [0.15, 0.2) is 0 Å². The zero-order valence-electron chi connectivity index (χ0n) is 17.0. The number of rotatable bonds is 10. The van der Waals surface area contributed by atoms with Crippen molar-refractivity contribution < 1.29 is 18.3 Å². The molecule has 0 saturated heterocycles. The molecule has 0 bridgehead atoms. The van der Waals surface area contributed by atoms with Gasteiger partial charge in [-0.05, 0) is 42.7 Å². The van der Waals surface area contributed by atoms with Gasteiger partial charge in [-0.1, -0.05) is 55.8 Å². The molecule has 0 amide bonds. The molecule has 0 aliphatic heterocycles. The first kappa shape index (κ1) is 23.4. The summed E-state index contributed by atoms with van der Waals surface area (Å²) in [5.41, 5.74) is 0.850. The highest BCUT2D eigenvalue weighted by Gasteiger charge is 2.30. The van der Waals surface area contributed by atoms with Crippen LogP contribution in [0.1, 0.15) is 25.8 Å². The van der Waals surface area contributed by atoms with Gasteiger partial charge in [-0.15, -0.1) is 0 Å². The van der Waals surface area contributed by atoms with E-state index in [0.29, 0.717) is 17.2 Å². The lowest BCUT2D eigenvalue weighted by Crippen LogP contribution is -2.43. The van der Waals surface area contributed by atoms with Crippen LogP contribution in [0.4, 0.5) is 0 Å². The Labute approximate surface area is 178 Å². The number of nitrogens with zero attached hydrogens (tertiary/aromatic N) is 1. The maximum absolute atomic E-state index is 13.3. The van der Waals surface area contributed by atoms with Gasteiger partial charge in [-0.3, -0.25) is 0 Å². The molecule has 0 saturated carbocycles. The third-order valence-electron chi connectivity index (χ3n) is 4.50. The minimum atomic E-state index is -3.81. The van der Waals surface area contributed by atoms with Gasteiger partial charge in [0.25, 0.3) is 0 Å². The van der Waals surface area contributed by atoms with Gasteiger partial charge in [0, 0.05) is 23.2 Å². The van der Waals surface area contributed by atoms with Crippen molar-refractivity contribution in [1.82, 2.24) is 4.31 Å². The second-order valence-corrected chi connectivity index (χ2v) is 9.47. The van der Waals surface area contributed by atoms with Gasteiger partial charge < -0.3 is 9.84 Å². The van der Waals surface area contributed by atoms with Crippen LogP contribution in [-0.4, -0.2) is 44.1 Å². The molecule has 0 spiro atoms. The minimum Gasteiger partial charge on any atom is -0.496 e. The number of aliphatic hydroxyl groups is 1. The molecule has 0 aliphatic rings. The molecule has 5 nitrogen and oxygen atoms in total. The van der Waals surface area contributed by atoms with Gasteiger partial charge >= 0.3 is 0 Å². The Kier molecular flexibility index (Phi) is 8.71. The molecule has 29 heavy (non-hydrogen) atoms. The fourth-order valence-electron chi connectivity index (χ4n) is 3.10. The third kappa shape index (κ3) is 6.31. The second-order valence-electron chi connectivity index (χ2n) is 7.14. The Balaban J connectivity index is 2.36. The number of halogens is 1. The summed E-state index contributed by atoms with van der Waals surface area (Å²) >= 11 is 5.91. The molecule has 0 heterocycles. The van der Waals surface area contributed by atoms with Gasteiger partial charge in [0.2, 0.25) is 10.0 Å². The first-order chi connectivity index (χ1) is 13.8. The average Bonchev–Trinajstić information content (AvgIpc) is 2.70. The Morgan fingerprint density at radius 1 is 1.14 bits per heavy atom. The summed E-state index contributed by atoms with van der Waals surface area (Å²) < 4.78 is 33.3. The van der Waals surface area contributed by atoms with E-state index in [9.17, 15) is 13.5 Å². The summed E-state index contributed by atoms with van der Waals surface area (Å²) in [5.74, 6) is 0.935. The average molecular weight is 438 g/mol. The molecule has 7 heteroatoms. The highest BCUT2D eigenvalue weighted by atomic mass is 35.5. The number of sulfonamides is 1. The lowest BCUT2D eigenvalue weighted by atomic mass is 10.0. The van der Waals surface area contributed by atoms with Crippen LogP contribution >= 0.6 is 11.6 Å². The van der Waals surface area contributed by atoms with Crippen molar-refractivity contribution in [2.24, 2.45) is 5.92 Å². The summed E-state index contributed by atoms with van der Waals surface area (Å²) in [7, 11) is -2.22. The van der Waals surface area contributed by atoms with Crippen molar-refractivity contribution in [2.75, 3.05) is 20.3 Å². The number of methoxy groups -OCH3 is 1. The molecule has 2 aromatic rings. The third-order valence-corrected chi connectivity index (χ3v) is 6.69. The Hall–Kier alpha value is -1.86. The van der Waals surface area contributed by atoms with E-state index in [-0.39, 0.29) is 24.0 Å². The van der Waals surface area contributed by atoms with E-state index in [1.165, 1.54) is 16.4 Å². The summed E-state index contributed by atoms with van der Waals surface area (Å²) in [6.07, 6.45) is 4.15. The van der Waals surface area contributed by atoms with E-state index in [1.807, 2.05) is 44.2 Å². The van der Waals surface area contributed by atoms with E-state index >= 15 is 0 Å². The van der Waals surface area contributed by atoms with Crippen LogP contribution < -0.4 is 4.74 Å². The molecule has 1 unspecified atom stereocenters. The number of ether oxygens (including phenoxy) is 1. The molecule has 2 aromatic carbocycles. The number of para-hydroxylation sites is 1. The fraction of sp³-hybridized carbons (Fsp3) is 0.364. The standard InChI is InChI=1S/C22H28ClNO4S/c1-17(2)15-20(16-25)24(29(26,27)21-12-10-19(23)11-13-21)14-6-8-18-7-4-5-9-22(18)28-3/h4-13,17,20,25H,14-16H2,1-3H3/b8-6+. The van der Waals surface area contributed by atoms with Crippen LogP contribution in [0, 0.1) is 5.92 Å². The minimum absolute atomic E-state index is 0.126. The van der Waals surface area contributed by atoms with Crippen LogP contribution in [0.5, 0.6) is 5.75 Å². The molecule has 0 aromatic heterocycles. The Bertz CT molecular complexity index is 911. The SMILES string of the molecule is COc1ccccc1/C=C/CN(C(CO)CC(C)C)S(=O)(=O)c1ccc(Cl)cc1. The second kappa shape index (κ2) is 10.8. The Morgan fingerprint density at radius 3 is 2.38 bits per heavy atom. The molecule has 158 valence electrons. The van der Waals surface area contributed by atoms with Gasteiger partial charge in [0.1, 0.15) is 5.75 Å². The van der Waals surface area contributed by atoms with Crippen molar-refractivity contribution in [3.8, 4) is 5.75 Å².